The third-order valence-electron chi connectivity index (χ3n) is 4.57. The molecule has 2 aliphatic heterocycles. The number of methoxy groups -OCH3 is 1. The third-order valence-corrected chi connectivity index (χ3v) is 4.57. The molecule has 23 heavy (non-hydrogen) atoms. The molecule has 0 aromatic heterocycles. The SMILES string of the molecule is COc1ccccc1N1CCC(NC(=O)C2CCCNC2)C1=O. The van der Waals surface area contributed by atoms with Crippen LogP contribution in [0.5, 0.6) is 5.75 Å². The van der Waals surface area contributed by atoms with Gasteiger partial charge in [-0.05, 0) is 37.9 Å². The lowest BCUT2D eigenvalue weighted by Crippen LogP contribution is -2.47. The monoisotopic (exact) mass is 317 g/mol. The minimum absolute atomic E-state index is 0.0163. The maximum Gasteiger partial charge on any atom is 0.249 e. The number of benzene rings is 1. The quantitative estimate of drug-likeness (QED) is 0.866. The van der Waals surface area contributed by atoms with Crippen LogP contribution in [0.1, 0.15) is 19.3 Å². The molecule has 2 unspecified atom stereocenters. The number of piperidine rings is 1. The molecule has 0 spiro atoms. The molecule has 2 amide bonds. The predicted octanol–water partition coefficient (Wildman–Crippen LogP) is 0.916. The zero-order valence-corrected chi connectivity index (χ0v) is 13.4. The van der Waals surface area contributed by atoms with Crippen molar-refractivity contribution in [1.29, 1.82) is 0 Å². The summed E-state index contributed by atoms with van der Waals surface area (Å²) in [6.45, 7) is 2.25. The molecule has 2 aliphatic rings. The van der Waals surface area contributed by atoms with Crippen LogP contribution in [0.15, 0.2) is 24.3 Å². The normalized spacial score (nSPS) is 24.6. The molecule has 0 aliphatic carbocycles. The highest BCUT2D eigenvalue weighted by atomic mass is 16.5. The molecule has 2 atom stereocenters. The number of anilines is 1. The maximum atomic E-state index is 12.6. The number of nitrogens with zero attached hydrogens (tertiary/aromatic N) is 1. The Labute approximate surface area is 136 Å². The van der Waals surface area contributed by atoms with E-state index in [0.717, 1.165) is 25.1 Å². The van der Waals surface area contributed by atoms with Gasteiger partial charge in [0.25, 0.3) is 0 Å². The summed E-state index contributed by atoms with van der Waals surface area (Å²) in [5, 5.41) is 6.15. The summed E-state index contributed by atoms with van der Waals surface area (Å²) in [5.41, 5.74) is 0.760. The van der Waals surface area contributed by atoms with Gasteiger partial charge >= 0.3 is 0 Å². The second-order valence-electron chi connectivity index (χ2n) is 6.05. The van der Waals surface area contributed by atoms with E-state index in [2.05, 4.69) is 10.6 Å². The molecule has 0 radical (unpaired) electrons. The van der Waals surface area contributed by atoms with Crippen LogP contribution in [0.2, 0.25) is 0 Å². The van der Waals surface area contributed by atoms with E-state index in [0.29, 0.717) is 25.3 Å². The van der Waals surface area contributed by atoms with Crippen LogP contribution in [-0.2, 0) is 9.59 Å². The smallest absolute Gasteiger partial charge is 0.249 e. The number of amides is 2. The fraction of sp³-hybridized carbons (Fsp3) is 0.529. The zero-order chi connectivity index (χ0) is 16.2. The largest absolute Gasteiger partial charge is 0.495 e. The summed E-state index contributed by atoms with van der Waals surface area (Å²) in [4.78, 5) is 26.6. The highest BCUT2D eigenvalue weighted by Crippen LogP contribution is 2.31. The van der Waals surface area contributed by atoms with E-state index in [1.54, 1.807) is 12.0 Å². The first-order valence-electron chi connectivity index (χ1n) is 8.16. The number of hydrogen-bond acceptors (Lipinski definition) is 4. The van der Waals surface area contributed by atoms with Crippen molar-refractivity contribution in [2.24, 2.45) is 5.92 Å². The molecule has 1 aromatic rings. The van der Waals surface area contributed by atoms with Crippen molar-refractivity contribution in [2.45, 2.75) is 25.3 Å². The van der Waals surface area contributed by atoms with Gasteiger partial charge in [-0.3, -0.25) is 9.59 Å². The summed E-state index contributed by atoms with van der Waals surface area (Å²) in [5.74, 6) is 0.560. The number of rotatable bonds is 4. The Kier molecular flexibility index (Phi) is 4.81. The van der Waals surface area contributed by atoms with Crippen LogP contribution in [0.4, 0.5) is 5.69 Å². The minimum atomic E-state index is -0.436. The van der Waals surface area contributed by atoms with Crippen molar-refractivity contribution in [2.75, 3.05) is 31.6 Å². The Morgan fingerprint density at radius 2 is 2.17 bits per heavy atom. The first kappa shape index (κ1) is 15.8. The van der Waals surface area contributed by atoms with Crippen LogP contribution in [0.3, 0.4) is 0 Å². The summed E-state index contributed by atoms with van der Waals surface area (Å²) in [7, 11) is 1.59. The van der Waals surface area contributed by atoms with Crippen LogP contribution < -0.4 is 20.3 Å². The number of carbonyl (C=O) groups excluding carboxylic acids is 2. The molecule has 2 fully saturated rings. The van der Waals surface area contributed by atoms with E-state index < -0.39 is 6.04 Å². The van der Waals surface area contributed by atoms with Crippen LogP contribution in [0, 0.1) is 5.92 Å². The fourth-order valence-electron chi connectivity index (χ4n) is 3.27. The Hall–Kier alpha value is -2.08. The second kappa shape index (κ2) is 7.00. The van der Waals surface area contributed by atoms with Gasteiger partial charge in [0, 0.05) is 13.1 Å². The summed E-state index contributed by atoms with van der Waals surface area (Å²) >= 11 is 0. The second-order valence-corrected chi connectivity index (χ2v) is 6.05. The van der Waals surface area contributed by atoms with Crippen molar-refractivity contribution in [3.63, 3.8) is 0 Å². The molecule has 1 aromatic carbocycles. The summed E-state index contributed by atoms with van der Waals surface area (Å²) in [6.07, 6.45) is 2.52. The fourth-order valence-corrected chi connectivity index (χ4v) is 3.27. The van der Waals surface area contributed by atoms with Gasteiger partial charge in [-0.15, -0.1) is 0 Å². The van der Waals surface area contributed by atoms with E-state index in [1.165, 1.54) is 0 Å². The molecule has 0 bridgehead atoms. The third kappa shape index (κ3) is 3.32. The first-order valence-corrected chi connectivity index (χ1v) is 8.16. The molecule has 124 valence electrons. The van der Waals surface area contributed by atoms with Crippen molar-refractivity contribution >= 4 is 17.5 Å². The predicted molar refractivity (Wildman–Crippen MR) is 87.5 cm³/mol. The van der Waals surface area contributed by atoms with E-state index in [4.69, 9.17) is 4.74 Å². The Morgan fingerprint density at radius 1 is 1.35 bits per heavy atom. The van der Waals surface area contributed by atoms with Gasteiger partial charge in [-0.1, -0.05) is 12.1 Å². The number of nitrogens with one attached hydrogen (secondary N) is 2. The first-order chi connectivity index (χ1) is 11.2. The average Bonchev–Trinajstić information content (AvgIpc) is 2.96. The lowest BCUT2D eigenvalue weighted by atomic mass is 9.98. The van der Waals surface area contributed by atoms with Crippen molar-refractivity contribution in [3.8, 4) is 5.75 Å². The molecule has 2 saturated heterocycles. The topological polar surface area (TPSA) is 70.7 Å². The van der Waals surface area contributed by atoms with E-state index in [9.17, 15) is 9.59 Å². The highest BCUT2D eigenvalue weighted by Gasteiger charge is 2.36. The molecule has 2 heterocycles. The zero-order valence-electron chi connectivity index (χ0n) is 13.4. The number of hydrogen-bond donors (Lipinski definition) is 2. The van der Waals surface area contributed by atoms with Gasteiger partial charge in [-0.2, -0.15) is 0 Å². The van der Waals surface area contributed by atoms with E-state index >= 15 is 0 Å². The molecular weight excluding hydrogens is 294 g/mol. The molecule has 2 N–H and O–H groups in total. The van der Waals surface area contributed by atoms with Gasteiger partial charge in [0.1, 0.15) is 11.8 Å². The molecule has 3 rings (SSSR count). The van der Waals surface area contributed by atoms with E-state index in [1.807, 2.05) is 24.3 Å². The van der Waals surface area contributed by atoms with Gasteiger partial charge < -0.3 is 20.3 Å². The maximum absolute atomic E-state index is 12.6. The standard InChI is InChI=1S/C17H23N3O3/c1-23-15-7-3-2-6-14(15)20-10-8-13(17(20)22)19-16(21)12-5-4-9-18-11-12/h2-3,6-7,12-13,18H,4-5,8-11H2,1H3,(H,19,21). The van der Waals surface area contributed by atoms with Crippen molar-refractivity contribution in [1.82, 2.24) is 10.6 Å². The summed E-state index contributed by atoms with van der Waals surface area (Å²) < 4.78 is 5.33. The Bertz CT molecular complexity index is 584. The minimum Gasteiger partial charge on any atom is -0.495 e. The number of ether oxygens (including phenoxy) is 1. The lowest BCUT2D eigenvalue weighted by Gasteiger charge is -2.24. The van der Waals surface area contributed by atoms with Crippen LogP contribution in [-0.4, -0.2) is 44.6 Å². The van der Waals surface area contributed by atoms with Gasteiger partial charge in [0.05, 0.1) is 18.7 Å². The highest BCUT2D eigenvalue weighted by molar-refractivity contribution is 6.02. The number of carbonyl (C=O) groups is 2. The van der Waals surface area contributed by atoms with Gasteiger partial charge in [-0.25, -0.2) is 0 Å². The molecule has 6 nitrogen and oxygen atoms in total. The lowest BCUT2D eigenvalue weighted by molar-refractivity contribution is -0.129. The summed E-state index contributed by atoms with van der Waals surface area (Å²) in [6, 6.07) is 7.02. The van der Waals surface area contributed by atoms with Gasteiger partial charge in [0.2, 0.25) is 11.8 Å². The average molecular weight is 317 g/mol. The number of para-hydroxylation sites is 2. The molecular formula is C17H23N3O3. The van der Waals surface area contributed by atoms with Crippen molar-refractivity contribution < 1.29 is 14.3 Å². The van der Waals surface area contributed by atoms with Gasteiger partial charge in [0.15, 0.2) is 0 Å². The van der Waals surface area contributed by atoms with Crippen LogP contribution in [0.25, 0.3) is 0 Å². The Morgan fingerprint density at radius 3 is 2.91 bits per heavy atom. The molecule has 0 saturated carbocycles. The van der Waals surface area contributed by atoms with Crippen molar-refractivity contribution in [3.05, 3.63) is 24.3 Å². The van der Waals surface area contributed by atoms with E-state index in [-0.39, 0.29) is 17.7 Å². The Balaban J connectivity index is 1.65. The van der Waals surface area contributed by atoms with Crippen LogP contribution >= 0.6 is 0 Å². The molecule has 6 heteroatoms.